The second-order valence-corrected chi connectivity index (χ2v) is 3.30. The Kier molecular flexibility index (Phi) is 3.48. The molecule has 12 heavy (non-hydrogen) atoms. The largest absolute Gasteiger partial charge is 0.492 e. The van der Waals surface area contributed by atoms with Crippen molar-refractivity contribution in [2.45, 2.75) is 25.2 Å². The molecule has 0 saturated heterocycles. The highest BCUT2D eigenvalue weighted by Gasteiger charge is 1.98. The zero-order valence-corrected chi connectivity index (χ0v) is 8.40. The molecule has 0 aromatic heterocycles. The van der Waals surface area contributed by atoms with Gasteiger partial charge in [0.15, 0.2) is 0 Å². The molecule has 1 nitrogen and oxygen atoms in total. The predicted molar refractivity (Wildman–Crippen MR) is 54.2 cm³/mol. The van der Waals surface area contributed by atoms with Crippen LogP contribution in [0.5, 0.6) is 5.75 Å². The number of hydrogen-bond donors (Lipinski definition) is 1. The summed E-state index contributed by atoms with van der Waals surface area (Å²) < 4.78 is 5.46. The lowest BCUT2D eigenvalue weighted by atomic mass is 10.2. The van der Waals surface area contributed by atoms with Crippen LogP contribution in [-0.4, -0.2) is 6.61 Å². The molecule has 2 heteroatoms. The Labute approximate surface area is 79.2 Å². The molecule has 0 unspecified atom stereocenters. The van der Waals surface area contributed by atoms with Crippen molar-refractivity contribution in [2.75, 3.05) is 6.61 Å². The van der Waals surface area contributed by atoms with Crippen molar-refractivity contribution in [3.63, 3.8) is 0 Å². The Morgan fingerprint density at radius 1 is 1.42 bits per heavy atom. The van der Waals surface area contributed by atoms with Crippen LogP contribution in [0.15, 0.2) is 23.1 Å². The smallest absolute Gasteiger partial charge is 0.132 e. The molecule has 0 fully saturated rings. The highest BCUT2D eigenvalue weighted by molar-refractivity contribution is 7.80. The molecule has 0 radical (unpaired) electrons. The molecule has 66 valence electrons. The highest BCUT2D eigenvalue weighted by atomic mass is 32.1. The van der Waals surface area contributed by atoms with E-state index < -0.39 is 0 Å². The normalized spacial score (nSPS) is 9.92. The van der Waals surface area contributed by atoms with Crippen LogP contribution in [0, 0.1) is 6.92 Å². The Morgan fingerprint density at radius 2 is 2.17 bits per heavy atom. The number of benzene rings is 1. The van der Waals surface area contributed by atoms with Gasteiger partial charge >= 0.3 is 0 Å². The van der Waals surface area contributed by atoms with Crippen molar-refractivity contribution in [1.82, 2.24) is 0 Å². The summed E-state index contributed by atoms with van der Waals surface area (Å²) in [4.78, 5) is 0.920. The van der Waals surface area contributed by atoms with E-state index in [0.717, 1.165) is 23.7 Å². The predicted octanol–water partition coefficient (Wildman–Crippen LogP) is 3.07. The van der Waals surface area contributed by atoms with Gasteiger partial charge in [-0.2, -0.15) is 0 Å². The van der Waals surface area contributed by atoms with E-state index in [1.807, 2.05) is 25.1 Å². The Hall–Kier alpha value is -0.630. The molecule has 0 N–H and O–H groups in total. The van der Waals surface area contributed by atoms with E-state index >= 15 is 0 Å². The van der Waals surface area contributed by atoms with Crippen molar-refractivity contribution in [2.24, 2.45) is 0 Å². The minimum absolute atomic E-state index is 0.761. The van der Waals surface area contributed by atoms with E-state index in [1.165, 1.54) is 5.56 Å². The Balaban J connectivity index is 2.72. The molecule has 1 aromatic rings. The van der Waals surface area contributed by atoms with E-state index in [1.54, 1.807) is 0 Å². The van der Waals surface area contributed by atoms with Crippen LogP contribution >= 0.6 is 12.6 Å². The van der Waals surface area contributed by atoms with Gasteiger partial charge < -0.3 is 4.74 Å². The number of thiol groups is 1. The minimum atomic E-state index is 0.761. The van der Waals surface area contributed by atoms with Gasteiger partial charge in [-0.25, -0.2) is 0 Å². The number of rotatable bonds is 3. The first kappa shape index (κ1) is 9.46. The summed E-state index contributed by atoms with van der Waals surface area (Å²) in [5.41, 5.74) is 1.21. The molecule has 1 aromatic carbocycles. The summed E-state index contributed by atoms with van der Waals surface area (Å²) in [5, 5.41) is 0. The maximum absolute atomic E-state index is 5.46. The molecule has 0 atom stereocenters. The van der Waals surface area contributed by atoms with Gasteiger partial charge in [0.2, 0.25) is 0 Å². The van der Waals surface area contributed by atoms with Crippen LogP contribution < -0.4 is 4.74 Å². The molecule has 0 bridgehead atoms. The maximum Gasteiger partial charge on any atom is 0.132 e. The van der Waals surface area contributed by atoms with Crippen LogP contribution in [0.2, 0.25) is 0 Å². The molecule has 0 aliphatic carbocycles. The second kappa shape index (κ2) is 4.41. The molecule has 0 aliphatic heterocycles. The van der Waals surface area contributed by atoms with Gasteiger partial charge in [0, 0.05) is 4.90 Å². The third-order valence-corrected chi connectivity index (χ3v) is 1.93. The van der Waals surface area contributed by atoms with Gasteiger partial charge in [-0.3, -0.25) is 0 Å². The lowest BCUT2D eigenvalue weighted by molar-refractivity contribution is 0.310. The quantitative estimate of drug-likeness (QED) is 0.707. The lowest BCUT2D eigenvalue weighted by Crippen LogP contribution is -1.95. The van der Waals surface area contributed by atoms with Crippen LogP contribution in [0.25, 0.3) is 0 Å². The van der Waals surface area contributed by atoms with Crippen molar-refractivity contribution in [1.29, 1.82) is 0 Å². The van der Waals surface area contributed by atoms with Gasteiger partial charge in [-0.05, 0) is 31.0 Å². The molecular weight excluding hydrogens is 168 g/mol. The summed E-state index contributed by atoms with van der Waals surface area (Å²) in [6.45, 7) is 4.90. The van der Waals surface area contributed by atoms with Crippen LogP contribution in [0.4, 0.5) is 0 Å². The summed E-state index contributed by atoms with van der Waals surface area (Å²) in [6.07, 6.45) is 1.03. The molecule has 0 saturated carbocycles. The van der Waals surface area contributed by atoms with Gasteiger partial charge in [0.25, 0.3) is 0 Å². The average molecular weight is 182 g/mol. The number of ether oxygens (including phenoxy) is 1. The summed E-state index contributed by atoms with van der Waals surface area (Å²) in [5.74, 6) is 0.880. The maximum atomic E-state index is 5.46. The fraction of sp³-hybridized carbons (Fsp3) is 0.400. The zero-order chi connectivity index (χ0) is 8.97. The average Bonchev–Trinajstić information content (AvgIpc) is 2.03. The Morgan fingerprint density at radius 3 is 2.75 bits per heavy atom. The topological polar surface area (TPSA) is 9.23 Å². The fourth-order valence-electron chi connectivity index (χ4n) is 0.961. The standard InChI is InChI=1S/C10H14OS/c1-3-6-11-9-5-4-8(2)7-10(9)12/h4-5,7,12H,3,6H2,1-2H3. The van der Waals surface area contributed by atoms with E-state index in [4.69, 9.17) is 4.74 Å². The van der Waals surface area contributed by atoms with Gasteiger partial charge in [0.05, 0.1) is 6.61 Å². The molecule has 0 amide bonds. The van der Waals surface area contributed by atoms with Crippen molar-refractivity contribution in [3.05, 3.63) is 23.8 Å². The highest BCUT2D eigenvalue weighted by Crippen LogP contribution is 2.23. The molecule has 1 rings (SSSR count). The van der Waals surface area contributed by atoms with Crippen LogP contribution in [-0.2, 0) is 0 Å². The van der Waals surface area contributed by atoms with Crippen LogP contribution in [0.3, 0.4) is 0 Å². The molecule has 0 aliphatic rings. The van der Waals surface area contributed by atoms with Gasteiger partial charge in [0.1, 0.15) is 5.75 Å². The third-order valence-electron chi connectivity index (χ3n) is 1.58. The zero-order valence-electron chi connectivity index (χ0n) is 7.50. The monoisotopic (exact) mass is 182 g/mol. The first-order valence-corrected chi connectivity index (χ1v) is 4.61. The summed E-state index contributed by atoms with van der Waals surface area (Å²) >= 11 is 4.32. The van der Waals surface area contributed by atoms with Crippen molar-refractivity contribution >= 4 is 12.6 Å². The fourth-order valence-corrected chi connectivity index (χ4v) is 1.30. The minimum Gasteiger partial charge on any atom is -0.492 e. The number of hydrogen-bond acceptors (Lipinski definition) is 2. The molecule has 0 spiro atoms. The van der Waals surface area contributed by atoms with Crippen molar-refractivity contribution in [3.8, 4) is 5.75 Å². The summed E-state index contributed by atoms with van der Waals surface area (Å²) in [7, 11) is 0. The van der Waals surface area contributed by atoms with Gasteiger partial charge in [-0.15, -0.1) is 12.6 Å². The molecule has 0 heterocycles. The number of aryl methyl sites for hydroxylation is 1. The molecular formula is C10H14OS. The SMILES string of the molecule is CCCOc1ccc(C)cc1S. The Bertz CT molecular complexity index is 258. The first-order chi connectivity index (χ1) is 5.74. The summed E-state index contributed by atoms with van der Waals surface area (Å²) in [6, 6.07) is 6.01. The van der Waals surface area contributed by atoms with E-state index in [-0.39, 0.29) is 0 Å². The third kappa shape index (κ3) is 2.45. The van der Waals surface area contributed by atoms with E-state index in [0.29, 0.717) is 0 Å². The second-order valence-electron chi connectivity index (χ2n) is 2.82. The first-order valence-electron chi connectivity index (χ1n) is 4.16. The van der Waals surface area contributed by atoms with Gasteiger partial charge in [-0.1, -0.05) is 13.0 Å². The van der Waals surface area contributed by atoms with E-state index in [9.17, 15) is 0 Å². The van der Waals surface area contributed by atoms with Crippen LogP contribution in [0.1, 0.15) is 18.9 Å². The van der Waals surface area contributed by atoms with Crippen molar-refractivity contribution < 1.29 is 4.74 Å². The van der Waals surface area contributed by atoms with E-state index in [2.05, 4.69) is 19.6 Å². The lowest BCUT2D eigenvalue weighted by Gasteiger charge is -2.07.